The molecule has 0 spiro atoms. The smallest absolute Gasteiger partial charge is 0.328 e. The van der Waals surface area contributed by atoms with E-state index < -0.39 is 0 Å². The third-order valence-electron chi connectivity index (χ3n) is 4.27. The van der Waals surface area contributed by atoms with Gasteiger partial charge in [-0.25, -0.2) is 14.2 Å². The van der Waals surface area contributed by atoms with Crippen LogP contribution in [0.25, 0.3) is 22.3 Å². The second-order valence-electron chi connectivity index (χ2n) is 6.19. The molecule has 27 heavy (non-hydrogen) atoms. The first kappa shape index (κ1) is 17.0. The van der Waals surface area contributed by atoms with Crippen LogP contribution in [-0.4, -0.2) is 26.1 Å². The molecule has 6 nitrogen and oxygen atoms in total. The number of hydrogen-bond acceptors (Lipinski definition) is 4. The molecule has 7 heteroatoms. The van der Waals surface area contributed by atoms with Gasteiger partial charge in [0.15, 0.2) is 5.65 Å². The lowest BCUT2D eigenvalue weighted by molar-refractivity contribution is 0.628. The number of anilines is 1. The molecule has 2 N–H and O–H groups in total. The fraction of sp³-hybridized carbons (Fsp3) is 0.150. The van der Waals surface area contributed by atoms with Gasteiger partial charge in [0.25, 0.3) is 0 Å². The fourth-order valence-electron chi connectivity index (χ4n) is 3.04. The Labute approximate surface area is 154 Å². The van der Waals surface area contributed by atoms with Crippen molar-refractivity contribution >= 4 is 17.1 Å². The van der Waals surface area contributed by atoms with Crippen molar-refractivity contribution in [2.24, 2.45) is 0 Å². The highest BCUT2D eigenvalue weighted by Crippen LogP contribution is 2.22. The summed E-state index contributed by atoms with van der Waals surface area (Å²) in [4.78, 5) is 23.8. The third kappa shape index (κ3) is 3.44. The first-order valence-corrected chi connectivity index (χ1v) is 8.68. The molecule has 2 heterocycles. The summed E-state index contributed by atoms with van der Waals surface area (Å²) in [5, 5.41) is 3.05. The molecule has 0 amide bonds. The number of aromatic nitrogens is 4. The quantitative estimate of drug-likeness (QED) is 0.570. The molecule has 2 aromatic carbocycles. The summed E-state index contributed by atoms with van der Waals surface area (Å²) in [5.74, 6) is 0.199. The van der Waals surface area contributed by atoms with E-state index in [2.05, 4.69) is 20.3 Å². The van der Waals surface area contributed by atoms with Gasteiger partial charge in [-0.2, -0.15) is 4.98 Å². The van der Waals surface area contributed by atoms with E-state index >= 15 is 0 Å². The van der Waals surface area contributed by atoms with E-state index in [-0.39, 0.29) is 11.5 Å². The average molecular weight is 363 g/mol. The molecule has 4 aromatic rings. The maximum absolute atomic E-state index is 13.5. The van der Waals surface area contributed by atoms with Crippen LogP contribution in [0.2, 0.25) is 0 Å². The van der Waals surface area contributed by atoms with Crippen molar-refractivity contribution < 1.29 is 4.39 Å². The largest absolute Gasteiger partial charge is 0.354 e. The SMILES string of the molecule is CCNc1ncc2[nH]c(=O)n(Cc3cccc(-c4cccc(F)c4)c3)c2n1. The Balaban J connectivity index is 1.72. The monoisotopic (exact) mass is 363 g/mol. The molecule has 2 aromatic heterocycles. The molecule has 0 bridgehead atoms. The van der Waals surface area contributed by atoms with Crippen LogP contribution in [0.3, 0.4) is 0 Å². The number of nitrogens with one attached hydrogen (secondary N) is 2. The van der Waals surface area contributed by atoms with Crippen LogP contribution in [-0.2, 0) is 6.54 Å². The highest BCUT2D eigenvalue weighted by atomic mass is 19.1. The van der Waals surface area contributed by atoms with E-state index in [4.69, 9.17) is 0 Å². The first-order chi connectivity index (χ1) is 13.1. The molecule has 4 rings (SSSR count). The number of hydrogen-bond donors (Lipinski definition) is 2. The zero-order valence-electron chi connectivity index (χ0n) is 14.7. The Morgan fingerprint density at radius 2 is 1.93 bits per heavy atom. The fourth-order valence-corrected chi connectivity index (χ4v) is 3.04. The molecule has 136 valence electrons. The van der Waals surface area contributed by atoms with Gasteiger partial charge in [-0.15, -0.1) is 0 Å². The number of rotatable bonds is 5. The molecule has 0 radical (unpaired) electrons. The Bertz CT molecular complexity index is 1160. The molecule has 0 aliphatic heterocycles. The van der Waals surface area contributed by atoms with Gasteiger partial charge in [0.2, 0.25) is 5.95 Å². The van der Waals surface area contributed by atoms with Crippen molar-refractivity contribution in [3.8, 4) is 11.1 Å². The lowest BCUT2D eigenvalue weighted by Crippen LogP contribution is -2.18. The number of H-pyrrole nitrogens is 1. The summed E-state index contributed by atoms with van der Waals surface area (Å²) in [7, 11) is 0. The Morgan fingerprint density at radius 3 is 2.70 bits per heavy atom. The maximum atomic E-state index is 13.5. The zero-order chi connectivity index (χ0) is 18.8. The minimum absolute atomic E-state index is 0.246. The highest BCUT2D eigenvalue weighted by molar-refractivity contribution is 5.71. The second kappa shape index (κ2) is 7.03. The van der Waals surface area contributed by atoms with Gasteiger partial charge in [0.1, 0.15) is 11.3 Å². The predicted octanol–water partition coefficient (Wildman–Crippen LogP) is 3.41. The number of nitrogens with zero attached hydrogens (tertiary/aromatic N) is 3. The standard InChI is InChI=1S/C20H18FN5O/c1-2-22-19-23-11-17-18(25-19)26(20(27)24-17)12-13-5-3-6-14(9-13)15-7-4-8-16(21)10-15/h3-11H,2,12H2,1H3,(H,24,27)(H,22,23,25). The van der Waals surface area contributed by atoms with Crippen molar-refractivity contribution in [2.75, 3.05) is 11.9 Å². The van der Waals surface area contributed by atoms with Gasteiger partial charge >= 0.3 is 5.69 Å². The van der Waals surface area contributed by atoms with Gasteiger partial charge in [0, 0.05) is 6.54 Å². The predicted molar refractivity (Wildman–Crippen MR) is 103 cm³/mol. The molecular weight excluding hydrogens is 345 g/mol. The van der Waals surface area contributed by atoms with Gasteiger partial charge in [-0.1, -0.05) is 30.3 Å². The number of benzene rings is 2. The molecular formula is C20H18FN5O. The average Bonchev–Trinajstić information content (AvgIpc) is 2.97. The van der Waals surface area contributed by atoms with E-state index in [1.807, 2.05) is 37.3 Å². The molecule has 0 unspecified atom stereocenters. The van der Waals surface area contributed by atoms with Gasteiger partial charge in [0.05, 0.1) is 12.7 Å². The summed E-state index contributed by atoms with van der Waals surface area (Å²) in [5.41, 5.74) is 3.49. The minimum atomic E-state index is -0.279. The highest BCUT2D eigenvalue weighted by Gasteiger charge is 2.11. The summed E-state index contributed by atoms with van der Waals surface area (Å²) in [6.07, 6.45) is 1.60. The molecule has 0 aliphatic carbocycles. The van der Waals surface area contributed by atoms with Crippen LogP contribution in [0, 0.1) is 5.82 Å². The minimum Gasteiger partial charge on any atom is -0.354 e. The van der Waals surface area contributed by atoms with E-state index in [1.54, 1.807) is 16.8 Å². The summed E-state index contributed by atoms with van der Waals surface area (Å²) in [6.45, 7) is 3.00. The van der Waals surface area contributed by atoms with Gasteiger partial charge < -0.3 is 10.3 Å². The van der Waals surface area contributed by atoms with Crippen molar-refractivity contribution in [3.63, 3.8) is 0 Å². The van der Waals surface area contributed by atoms with Crippen molar-refractivity contribution in [1.82, 2.24) is 19.5 Å². The maximum Gasteiger partial charge on any atom is 0.328 e. The second-order valence-corrected chi connectivity index (χ2v) is 6.19. The van der Waals surface area contributed by atoms with E-state index in [0.29, 0.717) is 30.2 Å². The van der Waals surface area contributed by atoms with E-state index in [1.165, 1.54) is 12.1 Å². The molecule has 0 saturated carbocycles. The first-order valence-electron chi connectivity index (χ1n) is 8.68. The molecule has 0 fully saturated rings. The topological polar surface area (TPSA) is 75.6 Å². The van der Waals surface area contributed by atoms with Crippen LogP contribution in [0.1, 0.15) is 12.5 Å². The number of aromatic amines is 1. The van der Waals surface area contributed by atoms with E-state index in [0.717, 1.165) is 16.7 Å². The molecule has 0 saturated heterocycles. The van der Waals surface area contributed by atoms with Crippen LogP contribution in [0.4, 0.5) is 10.3 Å². The Kier molecular flexibility index (Phi) is 4.42. The van der Waals surface area contributed by atoms with Crippen LogP contribution < -0.4 is 11.0 Å². The number of fused-ring (bicyclic) bond motifs is 1. The number of halogens is 1. The van der Waals surface area contributed by atoms with Crippen molar-refractivity contribution in [3.05, 3.63) is 76.6 Å². The van der Waals surface area contributed by atoms with Crippen LogP contribution >= 0.6 is 0 Å². The van der Waals surface area contributed by atoms with Crippen molar-refractivity contribution in [2.45, 2.75) is 13.5 Å². The van der Waals surface area contributed by atoms with Crippen LogP contribution in [0.5, 0.6) is 0 Å². The van der Waals surface area contributed by atoms with E-state index in [9.17, 15) is 9.18 Å². The van der Waals surface area contributed by atoms with Gasteiger partial charge in [-0.05, 0) is 41.8 Å². The Morgan fingerprint density at radius 1 is 1.15 bits per heavy atom. The Hall–Kier alpha value is -3.48. The van der Waals surface area contributed by atoms with Crippen LogP contribution in [0.15, 0.2) is 59.5 Å². The lowest BCUT2D eigenvalue weighted by atomic mass is 10.0. The summed E-state index contributed by atoms with van der Waals surface area (Å²) < 4.78 is 15.1. The molecule has 0 aliphatic rings. The molecule has 0 atom stereocenters. The van der Waals surface area contributed by atoms with Gasteiger partial charge in [-0.3, -0.25) is 4.57 Å². The third-order valence-corrected chi connectivity index (χ3v) is 4.27. The van der Waals surface area contributed by atoms with Crippen molar-refractivity contribution in [1.29, 1.82) is 0 Å². The summed E-state index contributed by atoms with van der Waals surface area (Å²) >= 11 is 0. The lowest BCUT2D eigenvalue weighted by Gasteiger charge is -2.07. The normalized spacial score (nSPS) is 11.0. The summed E-state index contributed by atoms with van der Waals surface area (Å²) in [6, 6.07) is 14.1. The zero-order valence-corrected chi connectivity index (χ0v) is 14.7. The number of imidazole rings is 1.